The van der Waals surface area contributed by atoms with Crippen molar-refractivity contribution in [3.8, 4) is 0 Å². The van der Waals surface area contributed by atoms with E-state index in [1.54, 1.807) is 11.1 Å². The number of aryl methyl sites for hydroxylation is 2. The van der Waals surface area contributed by atoms with Crippen molar-refractivity contribution in [2.24, 2.45) is 0 Å². The summed E-state index contributed by atoms with van der Waals surface area (Å²) in [6.07, 6.45) is 5.44. The van der Waals surface area contributed by atoms with E-state index in [0.29, 0.717) is 0 Å². The van der Waals surface area contributed by atoms with Gasteiger partial charge >= 0.3 is 0 Å². The fourth-order valence-corrected chi connectivity index (χ4v) is 2.35. The van der Waals surface area contributed by atoms with Gasteiger partial charge in [-0.05, 0) is 43.2 Å². The average molecular weight is 174 g/mol. The van der Waals surface area contributed by atoms with Gasteiger partial charge in [0, 0.05) is 0 Å². The van der Waals surface area contributed by atoms with Crippen molar-refractivity contribution in [3.63, 3.8) is 0 Å². The molecule has 1 aromatic carbocycles. The second kappa shape index (κ2) is 3.53. The summed E-state index contributed by atoms with van der Waals surface area (Å²) < 4.78 is 0. The lowest BCUT2D eigenvalue weighted by molar-refractivity contribution is 0.635. The third-order valence-corrected chi connectivity index (χ3v) is 3.16. The minimum Gasteiger partial charge on any atom is -0.0590 e. The van der Waals surface area contributed by atoms with Crippen LogP contribution in [0.2, 0.25) is 0 Å². The highest BCUT2D eigenvalue weighted by Gasteiger charge is 2.13. The highest BCUT2D eigenvalue weighted by atomic mass is 14.2. The Balaban J connectivity index is 2.42. The van der Waals surface area contributed by atoms with Gasteiger partial charge in [-0.15, -0.1) is 0 Å². The zero-order chi connectivity index (χ0) is 9.26. The summed E-state index contributed by atoms with van der Waals surface area (Å²) in [4.78, 5) is 0. The molecule has 1 aliphatic rings. The summed E-state index contributed by atoms with van der Waals surface area (Å²) in [6, 6.07) is 6.96. The third-order valence-electron chi connectivity index (χ3n) is 3.16. The van der Waals surface area contributed by atoms with Crippen LogP contribution >= 0.6 is 0 Å². The summed E-state index contributed by atoms with van der Waals surface area (Å²) in [5, 5.41) is 0. The third kappa shape index (κ3) is 1.77. The first-order valence-electron chi connectivity index (χ1n) is 5.37. The standard InChI is InChI=1S/C13H18/c1-10-7-8-13-11(2)5-3-4-6-12(13)9-10/h7-9,11H,3-6H2,1-2H3. The normalized spacial score (nSPS) is 22.2. The molecule has 2 rings (SSSR count). The molecule has 1 atom stereocenters. The molecule has 0 spiro atoms. The second-order valence-electron chi connectivity index (χ2n) is 4.35. The van der Waals surface area contributed by atoms with E-state index in [1.807, 2.05) is 0 Å². The van der Waals surface area contributed by atoms with Crippen molar-refractivity contribution >= 4 is 0 Å². The molecule has 0 amide bonds. The summed E-state index contributed by atoms with van der Waals surface area (Å²) in [5.74, 6) is 0.776. The number of benzene rings is 1. The maximum atomic E-state index is 2.37. The molecule has 0 aliphatic heterocycles. The molecule has 0 nitrogen and oxygen atoms in total. The van der Waals surface area contributed by atoms with E-state index in [4.69, 9.17) is 0 Å². The Morgan fingerprint density at radius 2 is 2.08 bits per heavy atom. The minimum atomic E-state index is 0.776. The Labute approximate surface area is 81.0 Å². The Hall–Kier alpha value is -0.780. The van der Waals surface area contributed by atoms with Crippen molar-refractivity contribution in [2.45, 2.75) is 45.4 Å². The van der Waals surface area contributed by atoms with E-state index < -0.39 is 0 Å². The van der Waals surface area contributed by atoms with Gasteiger partial charge in [0.25, 0.3) is 0 Å². The molecular weight excluding hydrogens is 156 g/mol. The molecule has 0 fully saturated rings. The zero-order valence-corrected chi connectivity index (χ0v) is 8.64. The molecule has 0 heteroatoms. The van der Waals surface area contributed by atoms with Gasteiger partial charge in [0.2, 0.25) is 0 Å². The van der Waals surface area contributed by atoms with E-state index in [9.17, 15) is 0 Å². The van der Waals surface area contributed by atoms with Gasteiger partial charge in [0.1, 0.15) is 0 Å². The number of rotatable bonds is 0. The molecule has 1 unspecified atom stereocenters. The van der Waals surface area contributed by atoms with Gasteiger partial charge < -0.3 is 0 Å². The summed E-state index contributed by atoms with van der Waals surface area (Å²) in [7, 11) is 0. The summed E-state index contributed by atoms with van der Waals surface area (Å²) in [6.45, 7) is 4.55. The van der Waals surface area contributed by atoms with Crippen LogP contribution in [-0.2, 0) is 6.42 Å². The van der Waals surface area contributed by atoms with E-state index in [0.717, 1.165) is 5.92 Å². The van der Waals surface area contributed by atoms with Crippen LogP contribution in [0, 0.1) is 6.92 Å². The molecule has 0 saturated heterocycles. The molecule has 1 aliphatic carbocycles. The van der Waals surface area contributed by atoms with Gasteiger partial charge in [-0.1, -0.05) is 37.1 Å². The monoisotopic (exact) mass is 174 g/mol. The quantitative estimate of drug-likeness (QED) is 0.524. The molecule has 0 N–H and O–H groups in total. The first-order chi connectivity index (χ1) is 6.27. The van der Waals surface area contributed by atoms with Crippen molar-refractivity contribution < 1.29 is 0 Å². The van der Waals surface area contributed by atoms with Gasteiger partial charge in [-0.25, -0.2) is 0 Å². The van der Waals surface area contributed by atoms with Crippen molar-refractivity contribution in [3.05, 3.63) is 34.9 Å². The van der Waals surface area contributed by atoms with Crippen LogP contribution < -0.4 is 0 Å². The minimum absolute atomic E-state index is 0.776. The highest BCUT2D eigenvalue weighted by molar-refractivity contribution is 5.34. The van der Waals surface area contributed by atoms with Gasteiger partial charge in [-0.3, -0.25) is 0 Å². The summed E-state index contributed by atoms with van der Waals surface area (Å²) >= 11 is 0. The lowest BCUT2D eigenvalue weighted by Gasteiger charge is -2.12. The molecule has 0 radical (unpaired) electrons. The fourth-order valence-electron chi connectivity index (χ4n) is 2.35. The van der Waals surface area contributed by atoms with Crippen molar-refractivity contribution in [1.82, 2.24) is 0 Å². The predicted molar refractivity (Wildman–Crippen MR) is 57.1 cm³/mol. The van der Waals surface area contributed by atoms with Crippen molar-refractivity contribution in [1.29, 1.82) is 0 Å². The number of hydrogen-bond donors (Lipinski definition) is 0. The van der Waals surface area contributed by atoms with Gasteiger partial charge in [0.05, 0.1) is 0 Å². The van der Waals surface area contributed by atoms with Gasteiger partial charge in [0.15, 0.2) is 0 Å². The first kappa shape index (κ1) is 8.80. The van der Waals surface area contributed by atoms with Crippen LogP contribution in [0.1, 0.15) is 48.8 Å². The lowest BCUT2D eigenvalue weighted by atomic mass is 9.93. The molecule has 13 heavy (non-hydrogen) atoms. The van der Waals surface area contributed by atoms with Gasteiger partial charge in [-0.2, -0.15) is 0 Å². The molecule has 0 bridgehead atoms. The van der Waals surface area contributed by atoms with Crippen molar-refractivity contribution in [2.75, 3.05) is 0 Å². The maximum absolute atomic E-state index is 2.37. The van der Waals surface area contributed by atoms with Crippen LogP contribution in [0.3, 0.4) is 0 Å². The van der Waals surface area contributed by atoms with E-state index in [2.05, 4.69) is 32.0 Å². The Bertz CT molecular complexity index is 299. The van der Waals surface area contributed by atoms with Crippen LogP contribution in [0.15, 0.2) is 18.2 Å². The average Bonchev–Trinajstić information content (AvgIpc) is 2.28. The van der Waals surface area contributed by atoms with Crippen LogP contribution in [0.4, 0.5) is 0 Å². The van der Waals surface area contributed by atoms with E-state index >= 15 is 0 Å². The highest BCUT2D eigenvalue weighted by Crippen LogP contribution is 2.30. The molecule has 0 saturated carbocycles. The predicted octanol–water partition coefficient (Wildman–Crippen LogP) is 3.82. The van der Waals surface area contributed by atoms with Crippen LogP contribution in [0.25, 0.3) is 0 Å². The number of hydrogen-bond acceptors (Lipinski definition) is 0. The summed E-state index contributed by atoms with van der Waals surface area (Å²) in [5.41, 5.74) is 4.61. The van der Waals surface area contributed by atoms with Crippen LogP contribution in [0.5, 0.6) is 0 Å². The zero-order valence-electron chi connectivity index (χ0n) is 8.64. The topological polar surface area (TPSA) is 0 Å². The second-order valence-corrected chi connectivity index (χ2v) is 4.35. The number of fused-ring (bicyclic) bond motifs is 1. The maximum Gasteiger partial charge on any atom is -0.0188 e. The van der Waals surface area contributed by atoms with E-state index in [-0.39, 0.29) is 0 Å². The molecule has 0 heterocycles. The largest absolute Gasteiger partial charge is 0.0590 e. The Kier molecular flexibility index (Phi) is 2.39. The van der Waals surface area contributed by atoms with E-state index in [1.165, 1.54) is 31.2 Å². The fraction of sp³-hybridized carbons (Fsp3) is 0.538. The Morgan fingerprint density at radius 1 is 1.23 bits per heavy atom. The van der Waals surface area contributed by atoms with Crippen LogP contribution in [-0.4, -0.2) is 0 Å². The molecule has 1 aromatic rings. The SMILES string of the molecule is Cc1ccc2c(c1)CCCCC2C. The smallest absolute Gasteiger partial charge is 0.0188 e. The Morgan fingerprint density at radius 3 is 2.92 bits per heavy atom. The first-order valence-corrected chi connectivity index (χ1v) is 5.37. The molecular formula is C13H18. The lowest BCUT2D eigenvalue weighted by Crippen LogP contribution is -1.95. The molecule has 0 aromatic heterocycles. The molecule has 70 valence electrons.